The Labute approximate surface area is 136 Å². The van der Waals surface area contributed by atoms with Gasteiger partial charge in [-0.1, -0.05) is 20.3 Å². The van der Waals surface area contributed by atoms with E-state index in [9.17, 15) is 8.42 Å². The molecule has 2 aliphatic heterocycles. The van der Waals surface area contributed by atoms with Crippen LogP contribution in [-0.4, -0.2) is 69.3 Å². The highest BCUT2D eigenvalue weighted by Gasteiger charge is 2.29. The van der Waals surface area contributed by atoms with Gasteiger partial charge in [0.05, 0.1) is 19.0 Å². The van der Waals surface area contributed by atoms with E-state index in [0.29, 0.717) is 24.8 Å². The molecule has 5 nitrogen and oxygen atoms in total. The van der Waals surface area contributed by atoms with Crippen LogP contribution in [-0.2, 0) is 14.8 Å². The van der Waals surface area contributed by atoms with E-state index in [4.69, 9.17) is 4.74 Å². The largest absolute Gasteiger partial charge is 0.379 e. The molecule has 2 aliphatic rings. The summed E-state index contributed by atoms with van der Waals surface area (Å²) in [6, 6.07) is 0. The van der Waals surface area contributed by atoms with Crippen LogP contribution in [0, 0.1) is 11.8 Å². The van der Waals surface area contributed by atoms with E-state index >= 15 is 0 Å². The molecule has 0 spiro atoms. The summed E-state index contributed by atoms with van der Waals surface area (Å²) in [5.74, 6) is 1.24. The lowest BCUT2D eigenvalue weighted by Gasteiger charge is -2.33. The molecule has 22 heavy (non-hydrogen) atoms. The van der Waals surface area contributed by atoms with Crippen LogP contribution < -0.4 is 0 Å². The molecular weight excluding hydrogens is 300 g/mol. The quantitative estimate of drug-likeness (QED) is 0.713. The van der Waals surface area contributed by atoms with Crippen molar-refractivity contribution in [3.05, 3.63) is 0 Å². The van der Waals surface area contributed by atoms with Crippen LogP contribution in [0.15, 0.2) is 0 Å². The molecule has 0 radical (unpaired) electrons. The molecular formula is C16H32N2O3S. The van der Waals surface area contributed by atoms with Gasteiger partial charge in [-0.2, -0.15) is 0 Å². The monoisotopic (exact) mass is 332 g/mol. The normalized spacial score (nSPS) is 24.5. The Bertz CT molecular complexity index is 413. The fourth-order valence-corrected chi connectivity index (χ4v) is 5.18. The second-order valence-electron chi connectivity index (χ2n) is 6.88. The van der Waals surface area contributed by atoms with Crippen LogP contribution in [0.4, 0.5) is 0 Å². The summed E-state index contributed by atoms with van der Waals surface area (Å²) in [6.45, 7) is 10.4. The first kappa shape index (κ1) is 18.2. The second kappa shape index (κ2) is 8.62. The lowest BCUT2D eigenvalue weighted by molar-refractivity contribution is 0.0343. The SMILES string of the molecule is CC[C@@H](C)CS(=O)(=O)N1CCC(CCN2CCOCC2)CC1. The maximum atomic E-state index is 12.4. The molecule has 0 amide bonds. The van der Waals surface area contributed by atoms with Gasteiger partial charge in [0.2, 0.25) is 10.0 Å². The number of hydrogen-bond acceptors (Lipinski definition) is 4. The van der Waals surface area contributed by atoms with E-state index in [-0.39, 0.29) is 5.92 Å². The topological polar surface area (TPSA) is 49.9 Å². The summed E-state index contributed by atoms with van der Waals surface area (Å²) in [4.78, 5) is 2.47. The maximum Gasteiger partial charge on any atom is 0.214 e. The Morgan fingerprint density at radius 3 is 2.36 bits per heavy atom. The third-order valence-corrected chi connectivity index (χ3v) is 7.26. The van der Waals surface area contributed by atoms with E-state index in [0.717, 1.165) is 52.1 Å². The van der Waals surface area contributed by atoms with E-state index in [1.54, 1.807) is 4.31 Å². The Balaban J connectivity index is 1.70. The van der Waals surface area contributed by atoms with Crippen molar-refractivity contribution in [3.8, 4) is 0 Å². The number of sulfonamides is 1. The van der Waals surface area contributed by atoms with Crippen molar-refractivity contribution in [1.29, 1.82) is 0 Å². The number of rotatable bonds is 7. The number of nitrogens with zero attached hydrogens (tertiary/aromatic N) is 2. The van der Waals surface area contributed by atoms with Gasteiger partial charge in [0, 0.05) is 26.2 Å². The van der Waals surface area contributed by atoms with E-state index < -0.39 is 10.0 Å². The minimum Gasteiger partial charge on any atom is -0.379 e. The minimum absolute atomic E-state index is 0.254. The fraction of sp³-hybridized carbons (Fsp3) is 1.00. The van der Waals surface area contributed by atoms with Crippen LogP contribution in [0.25, 0.3) is 0 Å². The predicted molar refractivity (Wildman–Crippen MR) is 89.4 cm³/mol. The molecule has 2 fully saturated rings. The molecule has 0 unspecified atom stereocenters. The third-order valence-electron chi connectivity index (χ3n) is 5.12. The zero-order valence-electron chi connectivity index (χ0n) is 14.2. The van der Waals surface area contributed by atoms with Gasteiger partial charge in [0.1, 0.15) is 0 Å². The zero-order chi connectivity index (χ0) is 16.0. The van der Waals surface area contributed by atoms with Gasteiger partial charge in [-0.05, 0) is 37.6 Å². The van der Waals surface area contributed by atoms with Crippen molar-refractivity contribution in [2.75, 3.05) is 51.7 Å². The summed E-state index contributed by atoms with van der Waals surface area (Å²) in [7, 11) is -3.05. The van der Waals surface area contributed by atoms with Gasteiger partial charge in [0.15, 0.2) is 0 Å². The van der Waals surface area contributed by atoms with Crippen molar-refractivity contribution >= 4 is 10.0 Å². The Morgan fingerprint density at radius 1 is 1.14 bits per heavy atom. The smallest absolute Gasteiger partial charge is 0.214 e. The van der Waals surface area contributed by atoms with Crippen LogP contribution in [0.1, 0.15) is 39.5 Å². The molecule has 0 aromatic carbocycles. The Kier molecular flexibility index (Phi) is 7.12. The molecule has 6 heteroatoms. The average molecular weight is 333 g/mol. The highest BCUT2D eigenvalue weighted by atomic mass is 32.2. The van der Waals surface area contributed by atoms with Gasteiger partial charge in [0.25, 0.3) is 0 Å². The Morgan fingerprint density at radius 2 is 1.77 bits per heavy atom. The molecule has 0 aliphatic carbocycles. The van der Waals surface area contributed by atoms with Crippen molar-refractivity contribution < 1.29 is 13.2 Å². The number of hydrogen-bond donors (Lipinski definition) is 0. The second-order valence-corrected chi connectivity index (χ2v) is 8.89. The zero-order valence-corrected chi connectivity index (χ0v) is 15.0. The lowest BCUT2D eigenvalue weighted by Crippen LogP contribution is -2.42. The minimum atomic E-state index is -3.05. The fourth-order valence-electron chi connectivity index (χ4n) is 3.25. The van der Waals surface area contributed by atoms with E-state index in [1.165, 1.54) is 6.42 Å². The van der Waals surface area contributed by atoms with Crippen molar-refractivity contribution in [2.24, 2.45) is 11.8 Å². The maximum absolute atomic E-state index is 12.4. The van der Waals surface area contributed by atoms with Crippen LogP contribution in [0.2, 0.25) is 0 Å². The van der Waals surface area contributed by atoms with Gasteiger partial charge < -0.3 is 4.74 Å². The summed E-state index contributed by atoms with van der Waals surface area (Å²) in [5, 5.41) is 0. The van der Waals surface area contributed by atoms with Gasteiger partial charge in [-0.15, -0.1) is 0 Å². The van der Waals surface area contributed by atoms with Crippen molar-refractivity contribution in [1.82, 2.24) is 9.21 Å². The number of ether oxygens (including phenoxy) is 1. The highest BCUT2D eigenvalue weighted by Crippen LogP contribution is 2.24. The molecule has 0 N–H and O–H groups in total. The summed E-state index contributed by atoms with van der Waals surface area (Å²) < 4.78 is 31.8. The van der Waals surface area contributed by atoms with E-state index in [2.05, 4.69) is 11.8 Å². The van der Waals surface area contributed by atoms with Gasteiger partial charge in [-0.25, -0.2) is 12.7 Å². The standard InChI is InChI=1S/C16H32N2O3S/c1-3-15(2)14-22(19,20)18-8-5-16(6-9-18)4-7-17-10-12-21-13-11-17/h15-16H,3-14H2,1-2H3/t15-/m1/s1. The number of piperidine rings is 1. The first-order chi connectivity index (χ1) is 10.5. The summed E-state index contributed by atoms with van der Waals surface area (Å²) in [6.07, 6.45) is 4.16. The van der Waals surface area contributed by atoms with Crippen LogP contribution >= 0.6 is 0 Å². The van der Waals surface area contributed by atoms with Gasteiger partial charge >= 0.3 is 0 Å². The molecule has 0 aromatic heterocycles. The first-order valence-electron chi connectivity index (χ1n) is 8.79. The molecule has 0 aromatic rings. The predicted octanol–water partition coefficient (Wildman–Crippen LogP) is 1.80. The highest BCUT2D eigenvalue weighted by molar-refractivity contribution is 7.89. The van der Waals surface area contributed by atoms with Gasteiger partial charge in [-0.3, -0.25) is 4.90 Å². The van der Waals surface area contributed by atoms with Crippen molar-refractivity contribution in [2.45, 2.75) is 39.5 Å². The molecule has 2 rings (SSSR count). The molecule has 2 saturated heterocycles. The summed E-state index contributed by atoms with van der Waals surface area (Å²) >= 11 is 0. The third kappa shape index (κ3) is 5.48. The number of morpholine rings is 1. The molecule has 0 bridgehead atoms. The molecule has 2 heterocycles. The molecule has 1 atom stereocenters. The average Bonchev–Trinajstić information content (AvgIpc) is 2.54. The van der Waals surface area contributed by atoms with Crippen LogP contribution in [0.3, 0.4) is 0 Å². The lowest BCUT2D eigenvalue weighted by atomic mass is 9.94. The molecule has 130 valence electrons. The molecule has 0 saturated carbocycles. The van der Waals surface area contributed by atoms with Crippen molar-refractivity contribution in [3.63, 3.8) is 0 Å². The summed E-state index contributed by atoms with van der Waals surface area (Å²) in [5.41, 5.74) is 0. The Hall–Kier alpha value is -0.170. The van der Waals surface area contributed by atoms with Crippen LogP contribution in [0.5, 0.6) is 0 Å². The van der Waals surface area contributed by atoms with E-state index in [1.807, 2.05) is 6.92 Å². The first-order valence-corrected chi connectivity index (χ1v) is 10.4.